The molecule has 2 amide bonds. The van der Waals surface area contributed by atoms with Crippen molar-refractivity contribution in [2.75, 3.05) is 6.54 Å². The Morgan fingerprint density at radius 1 is 1.05 bits per heavy atom. The van der Waals surface area contributed by atoms with Gasteiger partial charge in [-0.15, -0.1) is 0 Å². The molecule has 4 saturated carbocycles. The molecule has 116 valence electrons. The Kier molecular flexibility index (Phi) is 2.89. The number of hydrogen-bond acceptors (Lipinski definition) is 2. The molecule has 0 aromatic rings. The molecule has 4 nitrogen and oxygen atoms in total. The van der Waals surface area contributed by atoms with Gasteiger partial charge in [-0.25, -0.2) is 0 Å². The number of hydrogen-bond donors (Lipinski definition) is 1. The van der Waals surface area contributed by atoms with Crippen molar-refractivity contribution in [3.8, 4) is 0 Å². The average molecular weight is 290 g/mol. The highest BCUT2D eigenvalue weighted by Gasteiger charge is 2.56. The molecule has 1 unspecified atom stereocenters. The van der Waals surface area contributed by atoms with E-state index in [2.05, 4.69) is 5.32 Å². The van der Waals surface area contributed by atoms with Gasteiger partial charge in [0.25, 0.3) is 0 Å². The van der Waals surface area contributed by atoms with Crippen LogP contribution >= 0.6 is 0 Å². The van der Waals surface area contributed by atoms with Gasteiger partial charge in [0, 0.05) is 5.54 Å². The van der Waals surface area contributed by atoms with Crippen LogP contribution in [-0.2, 0) is 9.59 Å². The molecule has 0 aromatic carbocycles. The predicted octanol–water partition coefficient (Wildman–Crippen LogP) is 1.94. The summed E-state index contributed by atoms with van der Waals surface area (Å²) in [7, 11) is 0. The van der Waals surface area contributed by atoms with Crippen LogP contribution in [0.15, 0.2) is 0 Å². The molecule has 4 heteroatoms. The third kappa shape index (κ3) is 2.01. The number of amides is 2. The maximum atomic E-state index is 12.9. The second kappa shape index (κ2) is 4.47. The highest BCUT2D eigenvalue weighted by atomic mass is 16.2. The minimum absolute atomic E-state index is 0.0106. The summed E-state index contributed by atoms with van der Waals surface area (Å²) in [5.74, 6) is 2.76. The lowest BCUT2D eigenvalue weighted by molar-refractivity contribution is -0.164. The predicted molar refractivity (Wildman–Crippen MR) is 79.4 cm³/mol. The lowest BCUT2D eigenvalue weighted by atomic mass is 9.52. The van der Waals surface area contributed by atoms with E-state index >= 15 is 0 Å². The molecule has 5 fully saturated rings. The van der Waals surface area contributed by atoms with Gasteiger partial charge in [0.15, 0.2) is 0 Å². The fraction of sp³-hybridized carbons (Fsp3) is 0.882. The lowest BCUT2D eigenvalue weighted by Crippen LogP contribution is -2.69. The van der Waals surface area contributed by atoms with Gasteiger partial charge in [-0.05, 0) is 62.2 Å². The molecule has 21 heavy (non-hydrogen) atoms. The molecule has 1 atom stereocenters. The van der Waals surface area contributed by atoms with Crippen LogP contribution < -0.4 is 5.32 Å². The SMILES string of the molecule is CC(C)C1NC(=O)CN(C23CC4CC(CC(C4)C2)C3)C1=O. The van der Waals surface area contributed by atoms with E-state index < -0.39 is 0 Å². The minimum Gasteiger partial charge on any atom is -0.343 e. The number of nitrogens with zero attached hydrogens (tertiary/aromatic N) is 1. The molecule has 1 heterocycles. The van der Waals surface area contributed by atoms with Gasteiger partial charge >= 0.3 is 0 Å². The van der Waals surface area contributed by atoms with E-state index in [4.69, 9.17) is 0 Å². The van der Waals surface area contributed by atoms with Crippen molar-refractivity contribution in [3.05, 3.63) is 0 Å². The number of rotatable bonds is 2. The summed E-state index contributed by atoms with van der Waals surface area (Å²) >= 11 is 0. The highest BCUT2D eigenvalue weighted by molar-refractivity contribution is 5.95. The zero-order chi connectivity index (χ0) is 14.8. The molecule has 0 aromatic heterocycles. The van der Waals surface area contributed by atoms with Crippen LogP contribution in [0.4, 0.5) is 0 Å². The van der Waals surface area contributed by atoms with E-state index in [0.29, 0.717) is 0 Å². The Bertz CT molecular complexity index is 450. The zero-order valence-electron chi connectivity index (χ0n) is 13.1. The van der Waals surface area contributed by atoms with E-state index in [1.807, 2.05) is 18.7 Å². The van der Waals surface area contributed by atoms with Gasteiger partial charge in [0.1, 0.15) is 12.6 Å². The number of nitrogens with one attached hydrogen (secondary N) is 1. The average Bonchev–Trinajstić information content (AvgIpc) is 2.39. The molecular formula is C17H26N2O2. The molecule has 0 radical (unpaired) electrons. The van der Waals surface area contributed by atoms with Crippen molar-refractivity contribution in [2.24, 2.45) is 23.7 Å². The standard InChI is InChI=1S/C17H26N2O2/c1-10(2)15-16(21)19(9-14(20)18-15)17-6-11-3-12(7-17)5-13(4-11)8-17/h10-13,15H,3-9H2,1-2H3,(H,18,20). The molecule has 4 bridgehead atoms. The maximum absolute atomic E-state index is 12.9. The van der Waals surface area contributed by atoms with Crippen molar-refractivity contribution in [1.29, 1.82) is 0 Å². The summed E-state index contributed by atoms with van der Waals surface area (Å²) in [5, 5.41) is 2.90. The van der Waals surface area contributed by atoms with Crippen molar-refractivity contribution in [3.63, 3.8) is 0 Å². The first-order valence-electron chi connectivity index (χ1n) is 8.58. The number of piperazine rings is 1. The van der Waals surface area contributed by atoms with E-state index in [1.54, 1.807) is 0 Å². The quantitative estimate of drug-likeness (QED) is 0.845. The summed E-state index contributed by atoms with van der Waals surface area (Å²) in [6.45, 7) is 4.33. The number of carbonyl (C=O) groups is 2. The second-order valence-electron chi connectivity index (χ2n) is 8.36. The van der Waals surface area contributed by atoms with Gasteiger partial charge in [-0.2, -0.15) is 0 Å². The van der Waals surface area contributed by atoms with Gasteiger partial charge in [-0.3, -0.25) is 9.59 Å². The Morgan fingerprint density at radius 3 is 2.05 bits per heavy atom. The summed E-state index contributed by atoms with van der Waals surface area (Å²) in [4.78, 5) is 27.1. The van der Waals surface area contributed by atoms with E-state index in [1.165, 1.54) is 19.3 Å². The Balaban J connectivity index is 1.65. The Morgan fingerprint density at radius 2 is 1.57 bits per heavy atom. The van der Waals surface area contributed by atoms with Crippen LogP contribution in [0.1, 0.15) is 52.4 Å². The zero-order valence-corrected chi connectivity index (χ0v) is 13.1. The van der Waals surface area contributed by atoms with Crippen LogP contribution in [0, 0.1) is 23.7 Å². The van der Waals surface area contributed by atoms with E-state index in [-0.39, 0.29) is 35.9 Å². The lowest BCUT2D eigenvalue weighted by Gasteiger charge is -2.61. The first-order valence-corrected chi connectivity index (χ1v) is 8.58. The normalized spacial score (nSPS) is 45.4. The molecule has 5 aliphatic rings. The van der Waals surface area contributed by atoms with Crippen molar-refractivity contribution in [2.45, 2.75) is 64.0 Å². The molecule has 5 rings (SSSR count). The summed E-state index contributed by atoms with van der Waals surface area (Å²) in [5.41, 5.74) is 0.0106. The van der Waals surface area contributed by atoms with Gasteiger partial charge < -0.3 is 10.2 Å². The summed E-state index contributed by atoms with van der Waals surface area (Å²) in [6.07, 6.45) is 7.51. The maximum Gasteiger partial charge on any atom is 0.246 e. The van der Waals surface area contributed by atoms with Gasteiger partial charge in [0.2, 0.25) is 11.8 Å². The molecule has 4 aliphatic carbocycles. The highest BCUT2D eigenvalue weighted by Crippen LogP contribution is 2.58. The Labute approximate surface area is 126 Å². The largest absolute Gasteiger partial charge is 0.343 e. The van der Waals surface area contributed by atoms with Crippen molar-refractivity contribution >= 4 is 11.8 Å². The molecule has 1 N–H and O–H groups in total. The third-order valence-electron chi connectivity index (χ3n) is 6.40. The first kappa shape index (κ1) is 13.6. The topological polar surface area (TPSA) is 49.4 Å². The van der Waals surface area contributed by atoms with E-state index in [0.717, 1.165) is 37.0 Å². The van der Waals surface area contributed by atoms with Crippen LogP contribution in [0.3, 0.4) is 0 Å². The fourth-order valence-electron chi connectivity index (χ4n) is 5.92. The Hall–Kier alpha value is -1.06. The third-order valence-corrected chi connectivity index (χ3v) is 6.40. The van der Waals surface area contributed by atoms with Gasteiger partial charge in [-0.1, -0.05) is 13.8 Å². The summed E-state index contributed by atoms with van der Waals surface area (Å²) < 4.78 is 0. The van der Waals surface area contributed by atoms with Crippen LogP contribution in [0.2, 0.25) is 0 Å². The summed E-state index contributed by atoms with van der Waals surface area (Å²) in [6, 6.07) is -0.320. The van der Waals surface area contributed by atoms with Crippen LogP contribution in [0.5, 0.6) is 0 Å². The molecule has 1 aliphatic heterocycles. The number of carbonyl (C=O) groups excluding carboxylic acids is 2. The van der Waals surface area contributed by atoms with Crippen LogP contribution in [-0.4, -0.2) is 34.8 Å². The van der Waals surface area contributed by atoms with Crippen molar-refractivity contribution in [1.82, 2.24) is 10.2 Å². The monoisotopic (exact) mass is 290 g/mol. The first-order chi connectivity index (χ1) is 9.97. The fourth-order valence-corrected chi connectivity index (χ4v) is 5.92. The van der Waals surface area contributed by atoms with Crippen molar-refractivity contribution < 1.29 is 9.59 Å². The minimum atomic E-state index is -0.320. The molecule has 1 saturated heterocycles. The van der Waals surface area contributed by atoms with Crippen LogP contribution in [0.25, 0.3) is 0 Å². The molecular weight excluding hydrogens is 264 g/mol. The second-order valence-corrected chi connectivity index (χ2v) is 8.36. The van der Waals surface area contributed by atoms with Gasteiger partial charge in [0.05, 0.1) is 0 Å². The smallest absolute Gasteiger partial charge is 0.246 e. The molecule has 0 spiro atoms. The van der Waals surface area contributed by atoms with E-state index in [9.17, 15) is 9.59 Å².